The Balaban J connectivity index is 1.56. The molecule has 3 aromatic carbocycles. The molecule has 0 radical (unpaired) electrons. The van der Waals surface area contributed by atoms with Gasteiger partial charge in [-0.15, -0.1) is 0 Å². The van der Waals surface area contributed by atoms with Gasteiger partial charge in [0.05, 0.1) is 11.6 Å². The predicted octanol–water partition coefficient (Wildman–Crippen LogP) is 5.49. The Bertz CT molecular complexity index is 1020. The fourth-order valence-electron chi connectivity index (χ4n) is 2.59. The number of benzene rings is 3. The minimum absolute atomic E-state index is 0.109. The molecule has 0 atom stereocenters. The highest BCUT2D eigenvalue weighted by molar-refractivity contribution is 9.10. The van der Waals surface area contributed by atoms with Crippen LogP contribution in [0.3, 0.4) is 0 Å². The van der Waals surface area contributed by atoms with E-state index in [2.05, 4.69) is 15.9 Å². The van der Waals surface area contributed by atoms with Gasteiger partial charge in [0.2, 0.25) is 0 Å². The lowest BCUT2D eigenvalue weighted by Crippen LogP contribution is -2.19. The first-order valence-corrected chi connectivity index (χ1v) is 10.3. The van der Waals surface area contributed by atoms with E-state index in [0.717, 1.165) is 10.0 Å². The van der Waals surface area contributed by atoms with Crippen molar-refractivity contribution in [1.29, 1.82) is 0 Å². The Hall–Kier alpha value is -2.83. The lowest BCUT2D eigenvalue weighted by atomic mass is 10.2. The molecule has 3 rings (SSSR count). The molecule has 0 heterocycles. The number of hydrogen-bond donors (Lipinski definition) is 0. The molecule has 0 spiro atoms. The van der Waals surface area contributed by atoms with Crippen LogP contribution >= 0.6 is 27.5 Å². The number of halogens is 2. The highest BCUT2D eigenvalue weighted by Crippen LogP contribution is 2.28. The zero-order valence-corrected chi connectivity index (χ0v) is 18.2. The average Bonchev–Trinajstić information content (AvgIpc) is 2.74. The molecule has 0 aliphatic carbocycles. The van der Waals surface area contributed by atoms with E-state index in [1.807, 2.05) is 30.3 Å². The number of rotatable bonds is 8. The van der Waals surface area contributed by atoms with E-state index in [1.165, 1.54) is 6.07 Å². The average molecular weight is 490 g/mol. The fourth-order valence-corrected chi connectivity index (χ4v) is 3.32. The summed E-state index contributed by atoms with van der Waals surface area (Å²) in [5.41, 5.74) is 1.23. The number of hydrogen-bond acceptors (Lipinski definition) is 5. The van der Waals surface area contributed by atoms with Crippen LogP contribution in [0.2, 0.25) is 5.02 Å². The van der Waals surface area contributed by atoms with E-state index in [9.17, 15) is 9.59 Å². The molecule has 0 aliphatic rings. The molecule has 0 unspecified atom stereocenters. The SMILES string of the molecule is O=C(COc1ccc(Br)cc1Cl)Oc1ccccc1C(=O)OCCc1ccccc1. The summed E-state index contributed by atoms with van der Waals surface area (Å²) in [6.45, 7) is -0.144. The van der Waals surface area contributed by atoms with E-state index in [0.29, 0.717) is 17.2 Å². The number of carbonyl (C=O) groups is 2. The summed E-state index contributed by atoms with van der Waals surface area (Å²) in [6.07, 6.45) is 0.594. The summed E-state index contributed by atoms with van der Waals surface area (Å²) < 4.78 is 16.8. The first kappa shape index (κ1) is 21.9. The van der Waals surface area contributed by atoms with Crippen molar-refractivity contribution in [2.45, 2.75) is 6.42 Å². The Labute approximate surface area is 187 Å². The second-order valence-corrected chi connectivity index (χ2v) is 7.53. The van der Waals surface area contributed by atoms with E-state index in [1.54, 1.807) is 36.4 Å². The number of ether oxygens (including phenoxy) is 3. The molecule has 0 fully saturated rings. The highest BCUT2D eigenvalue weighted by atomic mass is 79.9. The van der Waals surface area contributed by atoms with Crippen LogP contribution in [0.15, 0.2) is 77.3 Å². The van der Waals surface area contributed by atoms with Crippen LogP contribution in [0.4, 0.5) is 0 Å². The van der Waals surface area contributed by atoms with Gasteiger partial charge in [0.1, 0.15) is 17.1 Å². The Morgan fingerprint density at radius 1 is 0.900 bits per heavy atom. The van der Waals surface area contributed by atoms with Gasteiger partial charge in [0.25, 0.3) is 0 Å². The number of esters is 2. The molecule has 30 heavy (non-hydrogen) atoms. The van der Waals surface area contributed by atoms with Crippen molar-refractivity contribution >= 4 is 39.5 Å². The van der Waals surface area contributed by atoms with Crippen LogP contribution in [0.5, 0.6) is 11.5 Å². The quantitative estimate of drug-likeness (QED) is 0.309. The maximum absolute atomic E-state index is 12.4. The fraction of sp³-hybridized carbons (Fsp3) is 0.130. The molecule has 0 aliphatic heterocycles. The summed E-state index contributed by atoms with van der Waals surface area (Å²) >= 11 is 9.36. The third-order valence-electron chi connectivity index (χ3n) is 4.04. The predicted molar refractivity (Wildman–Crippen MR) is 117 cm³/mol. The topological polar surface area (TPSA) is 61.8 Å². The van der Waals surface area contributed by atoms with E-state index >= 15 is 0 Å². The number of para-hydroxylation sites is 1. The van der Waals surface area contributed by atoms with Crippen LogP contribution in [-0.2, 0) is 16.0 Å². The molecule has 0 bridgehead atoms. The van der Waals surface area contributed by atoms with Gasteiger partial charge >= 0.3 is 11.9 Å². The largest absolute Gasteiger partial charge is 0.480 e. The van der Waals surface area contributed by atoms with Crippen molar-refractivity contribution in [1.82, 2.24) is 0 Å². The zero-order chi connectivity index (χ0) is 21.3. The van der Waals surface area contributed by atoms with Gasteiger partial charge in [-0.05, 0) is 35.9 Å². The molecule has 0 saturated heterocycles. The normalized spacial score (nSPS) is 10.3. The van der Waals surface area contributed by atoms with Gasteiger partial charge in [-0.25, -0.2) is 9.59 Å². The first-order valence-electron chi connectivity index (χ1n) is 9.11. The van der Waals surface area contributed by atoms with Crippen molar-refractivity contribution in [3.05, 3.63) is 93.4 Å². The van der Waals surface area contributed by atoms with Crippen LogP contribution < -0.4 is 9.47 Å². The Morgan fingerprint density at radius 2 is 1.63 bits per heavy atom. The van der Waals surface area contributed by atoms with Crippen LogP contribution in [0, 0.1) is 0 Å². The van der Waals surface area contributed by atoms with E-state index in [4.69, 9.17) is 25.8 Å². The maximum Gasteiger partial charge on any atom is 0.349 e. The first-order chi connectivity index (χ1) is 14.5. The molecular weight excluding hydrogens is 472 g/mol. The van der Waals surface area contributed by atoms with Gasteiger partial charge < -0.3 is 14.2 Å². The summed E-state index contributed by atoms with van der Waals surface area (Å²) in [6, 6.07) is 21.1. The smallest absolute Gasteiger partial charge is 0.349 e. The number of carbonyl (C=O) groups excluding carboxylic acids is 2. The highest BCUT2D eigenvalue weighted by Gasteiger charge is 2.17. The molecule has 3 aromatic rings. The molecule has 0 saturated carbocycles. The molecular formula is C23H18BrClO5. The van der Waals surface area contributed by atoms with Crippen molar-refractivity contribution < 1.29 is 23.8 Å². The minimum Gasteiger partial charge on any atom is -0.480 e. The second kappa shape index (κ2) is 10.8. The summed E-state index contributed by atoms with van der Waals surface area (Å²) in [5, 5.41) is 0.361. The van der Waals surface area contributed by atoms with Crippen molar-refractivity contribution in [2.75, 3.05) is 13.2 Å². The lowest BCUT2D eigenvalue weighted by Gasteiger charge is -2.11. The lowest BCUT2D eigenvalue weighted by molar-refractivity contribution is -0.136. The molecule has 0 aromatic heterocycles. The Morgan fingerprint density at radius 3 is 2.40 bits per heavy atom. The standard InChI is InChI=1S/C23H18BrClO5/c24-17-10-11-21(19(25)14-17)29-15-22(26)30-20-9-5-4-8-18(20)23(27)28-13-12-16-6-2-1-3-7-16/h1-11,14H,12-13,15H2. The molecule has 0 N–H and O–H groups in total. The maximum atomic E-state index is 12.4. The van der Waals surface area contributed by atoms with Gasteiger partial charge in [-0.1, -0.05) is 70.0 Å². The van der Waals surface area contributed by atoms with Crippen LogP contribution in [0.1, 0.15) is 15.9 Å². The van der Waals surface area contributed by atoms with Crippen LogP contribution in [-0.4, -0.2) is 25.2 Å². The molecule has 0 amide bonds. The van der Waals surface area contributed by atoms with E-state index in [-0.39, 0.29) is 24.5 Å². The Kier molecular flexibility index (Phi) is 7.88. The van der Waals surface area contributed by atoms with Gasteiger partial charge in [-0.2, -0.15) is 0 Å². The summed E-state index contributed by atoms with van der Waals surface area (Å²) in [7, 11) is 0. The third kappa shape index (κ3) is 6.34. The summed E-state index contributed by atoms with van der Waals surface area (Å²) in [5.74, 6) is -0.770. The molecule has 7 heteroatoms. The van der Waals surface area contributed by atoms with Crippen LogP contribution in [0.25, 0.3) is 0 Å². The second-order valence-electron chi connectivity index (χ2n) is 6.21. The monoisotopic (exact) mass is 488 g/mol. The third-order valence-corrected chi connectivity index (χ3v) is 4.83. The van der Waals surface area contributed by atoms with E-state index < -0.39 is 11.9 Å². The molecule has 154 valence electrons. The van der Waals surface area contributed by atoms with Gasteiger partial charge in [-0.3, -0.25) is 0 Å². The zero-order valence-electron chi connectivity index (χ0n) is 15.8. The minimum atomic E-state index is -0.668. The van der Waals surface area contributed by atoms with Crippen molar-refractivity contribution in [3.63, 3.8) is 0 Å². The van der Waals surface area contributed by atoms with Crippen molar-refractivity contribution in [2.24, 2.45) is 0 Å². The van der Waals surface area contributed by atoms with Crippen molar-refractivity contribution in [3.8, 4) is 11.5 Å². The molecule has 5 nitrogen and oxygen atoms in total. The van der Waals surface area contributed by atoms with Gasteiger partial charge in [0, 0.05) is 10.9 Å². The van der Waals surface area contributed by atoms with Gasteiger partial charge in [0.15, 0.2) is 6.61 Å². The summed E-state index contributed by atoms with van der Waals surface area (Å²) in [4.78, 5) is 24.6.